The molecule has 0 saturated carbocycles. The van der Waals surface area contributed by atoms with Crippen LogP contribution in [0.4, 0.5) is 0 Å². The van der Waals surface area contributed by atoms with Crippen LogP contribution in [0.15, 0.2) is 11.4 Å². The molecule has 0 saturated heterocycles. The molecule has 1 N–H and O–H groups in total. The van der Waals surface area contributed by atoms with Gasteiger partial charge in [-0.15, -0.1) is 22.7 Å². The van der Waals surface area contributed by atoms with Crippen molar-refractivity contribution in [1.29, 1.82) is 0 Å². The van der Waals surface area contributed by atoms with Gasteiger partial charge < -0.3 is 5.32 Å². The van der Waals surface area contributed by atoms with Crippen LogP contribution < -0.4 is 5.32 Å². The Hall–Kier alpha value is -0.710. The van der Waals surface area contributed by atoms with E-state index in [1.54, 1.807) is 11.3 Å². The van der Waals surface area contributed by atoms with E-state index in [2.05, 4.69) is 49.4 Å². The van der Waals surface area contributed by atoms with E-state index in [1.807, 2.05) is 11.3 Å². The number of hydrogen-bond donors (Lipinski definition) is 1. The van der Waals surface area contributed by atoms with Crippen molar-refractivity contribution in [1.82, 2.24) is 10.3 Å². The lowest BCUT2D eigenvalue weighted by Gasteiger charge is -2.15. The topological polar surface area (TPSA) is 24.9 Å². The average molecular weight is 280 g/mol. The number of nitrogens with one attached hydrogen (secondary N) is 1. The fourth-order valence-electron chi connectivity index (χ4n) is 2.00. The van der Waals surface area contributed by atoms with E-state index in [-0.39, 0.29) is 0 Å². The van der Waals surface area contributed by atoms with E-state index in [1.165, 1.54) is 21.0 Å². The Morgan fingerprint density at radius 2 is 2.11 bits per heavy atom. The first-order chi connectivity index (χ1) is 8.60. The molecule has 2 rings (SSSR count). The molecule has 0 fully saturated rings. The van der Waals surface area contributed by atoms with Gasteiger partial charge in [0.15, 0.2) is 0 Å². The van der Waals surface area contributed by atoms with Crippen LogP contribution in [0.1, 0.15) is 39.0 Å². The van der Waals surface area contributed by atoms with Crippen LogP contribution in [-0.2, 0) is 6.42 Å². The second kappa shape index (κ2) is 5.95. The fraction of sp³-hybridized carbons (Fsp3) is 0.500. The van der Waals surface area contributed by atoms with Crippen molar-refractivity contribution in [3.05, 3.63) is 37.5 Å². The van der Waals surface area contributed by atoms with Gasteiger partial charge in [-0.1, -0.05) is 6.92 Å². The standard InChI is InChI=1S/C14H20N2S2/c1-5-15-13(7-12-8-17-11(4)16-12)14-6-9(2)10(3)18-14/h6,8,13,15H,5,7H2,1-4H3. The van der Waals surface area contributed by atoms with Crippen LogP contribution >= 0.6 is 22.7 Å². The highest BCUT2D eigenvalue weighted by atomic mass is 32.1. The molecule has 1 unspecified atom stereocenters. The zero-order valence-electron chi connectivity index (χ0n) is 11.4. The van der Waals surface area contributed by atoms with Gasteiger partial charge in [-0.25, -0.2) is 4.98 Å². The summed E-state index contributed by atoms with van der Waals surface area (Å²) in [6.45, 7) is 9.59. The number of hydrogen-bond acceptors (Lipinski definition) is 4. The Morgan fingerprint density at radius 1 is 1.33 bits per heavy atom. The monoisotopic (exact) mass is 280 g/mol. The molecule has 0 bridgehead atoms. The summed E-state index contributed by atoms with van der Waals surface area (Å²) in [5, 5.41) is 6.90. The number of aryl methyl sites for hydroxylation is 3. The second-order valence-corrected chi connectivity index (χ2v) is 6.91. The van der Waals surface area contributed by atoms with Gasteiger partial charge in [0.05, 0.1) is 10.7 Å². The largest absolute Gasteiger partial charge is 0.309 e. The summed E-state index contributed by atoms with van der Waals surface area (Å²) < 4.78 is 0. The third kappa shape index (κ3) is 3.19. The van der Waals surface area contributed by atoms with E-state index in [9.17, 15) is 0 Å². The smallest absolute Gasteiger partial charge is 0.0897 e. The molecular formula is C14H20N2S2. The Balaban J connectivity index is 2.17. The summed E-state index contributed by atoms with van der Waals surface area (Å²) >= 11 is 3.63. The molecule has 0 radical (unpaired) electrons. The molecule has 98 valence electrons. The van der Waals surface area contributed by atoms with Crippen molar-refractivity contribution in [3.63, 3.8) is 0 Å². The Morgan fingerprint density at radius 3 is 2.61 bits per heavy atom. The number of aromatic nitrogens is 1. The predicted octanol–water partition coefficient (Wildman–Crippen LogP) is 4.02. The molecule has 1 atom stereocenters. The van der Waals surface area contributed by atoms with Gasteiger partial charge in [0.1, 0.15) is 0 Å². The van der Waals surface area contributed by atoms with Crippen molar-refractivity contribution in [2.75, 3.05) is 6.54 Å². The normalized spacial score (nSPS) is 12.9. The van der Waals surface area contributed by atoms with Crippen molar-refractivity contribution in [2.45, 2.75) is 40.2 Å². The maximum atomic E-state index is 4.57. The Kier molecular flexibility index (Phi) is 4.54. The number of likely N-dealkylation sites (N-methyl/N-ethyl adjacent to an activating group) is 1. The van der Waals surface area contributed by atoms with Gasteiger partial charge >= 0.3 is 0 Å². The molecular weight excluding hydrogens is 260 g/mol. The zero-order valence-corrected chi connectivity index (χ0v) is 13.0. The Bertz CT molecular complexity index is 494. The molecule has 0 spiro atoms. The summed E-state index contributed by atoms with van der Waals surface area (Å²) in [7, 11) is 0. The van der Waals surface area contributed by atoms with Crippen LogP contribution in [0.5, 0.6) is 0 Å². The lowest BCUT2D eigenvalue weighted by atomic mass is 10.1. The SMILES string of the molecule is CCNC(Cc1csc(C)n1)c1cc(C)c(C)s1. The van der Waals surface area contributed by atoms with Gasteiger partial charge in [0, 0.05) is 27.6 Å². The third-order valence-corrected chi connectivity index (χ3v) is 5.15. The molecule has 4 heteroatoms. The van der Waals surface area contributed by atoms with E-state index in [0.717, 1.165) is 18.0 Å². The van der Waals surface area contributed by atoms with Crippen LogP contribution in [0.3, 0.4) is 0 Å². The first kappa shape index (κ1) is 13.7. The lowest BCUT2D eigenvalue weighted by Crippen LogP contribution is -2.22. The van der Waals surface area contributed by atoms with E-state index in [0.29, 0.717) is 6.04 Å². The molecule has 0 aromatic carbocycles. The van der Waals surface area contributed by atoms with Gasteiger partial charge in [-0.2, -0.15) is 0 Å². The minimum absolute atomic E-state index is 0.397. The van der Waals surface area contributed by atoms with Gasteiger partial charge in [-0.05, 0) is 38.9 Å². The van der Waals surface area contributed by atoms with Crippen molar-refractivity contribution in [2.24, 2.45) is 0 Å². The predicted molar refractivity (Wildman–Crippen MR) is 80.8 cm³/mol. The quantitative estimate of drug-likeness (QED) is 0.894. The molecule has 2 aromatic heterocycles. The van der Waals surface area contributed by atoms with Crippen LogP contribution in [0.25, 0.3) is 0 Å². The molecule has 0 amide bonds. The van der Waals surface area contributed by atoms with Crippen molar-refractivity contribution in [3.8, 4) is 0 Å². The molecule has 0 aliphatic rings. The molecule has 2 aromatic rings. The number of thiophene rings is 1. The zero-order chi connectivity index (χ0) is 13.1. The number of thiazole rings is 1. The molecule has 0 aliphatic heterocycles. The van der Waals surface area contributed by atoms with E-state index >= 15 is 0 Å². The highest BCUT2D eigenvalue weighted by Crippen LogP contribution is 2.28. The molecule has 2 heterocycles. The summed E-state index contributed by atoms with van der Waals surface area (Å²) in [6.07, 6.45) is 0.984. The van der Waals surface area contributed by atoms with Gasteiger partial charge in [0.2, 0.25) is 0 Å². The maximum Gasteiger partial charge on any atom is 0.0897 e. The summed E-state index contributed by atoms with van der Waals surface area (Å²) in [5.74, 6) is 0. The Labute approximate surface area is 117 Å². The average Bonchev–Trinajstić information content (AvgIpc) is 2.86. The van der Waals surface area contributed by atoms with Gasteiger partial charge in [-0.3, -0.25) is 0 Å². The summed E-state index contributed by atoms with van der Waals surface area (Å²) in [4.78, 5) is 7.42. The fourth-order valence-corrected chi connectivity index (χ4v) is 3.75. The van der Waals surface area contributed by atoms with Gasteiger partial charge in [0.25, 0.3) is 0 Å². The van der Waals surface area contributed by atoms with E-state index < -0.39 is 0 Å². The van der Waals surface area contributed by atoms with Crippen molar-refractivity contribution >= 4 is 22.7 Å². The minimum atomic E-state index is 0.397. The highest BCUT2D eigenvalue weighted by Gasteiger charge is 2.15. The molecule has 0 aliphatic carbocycles. The minimum Gasteiger partial charge on any atom is -0.309 e. The van der Waals surface area contributed by atoms with Crippen LogP contribution in [0, 0.1) is 20.8 Å². The van der Waals surface area contributed by atoms with Crippen LogP contribution in [-0.4, -0.2) is 11.5 Å². The molecule has 2 nitrogen and oxygen atoms in total. The second-order valence-electron chi connectivity index (χ2n) is 4.56. The number of nitrogens with zero attached hydrogens (tertiary/aromatic N) is 1. The lowest BCUT2D eigenvalue weighted by molar-refractivity contribution is 0.553. The summed E-state index contributed by atoms with van der Waals surface area (Å²) in [5.41, 5.74) is 2.60. The van der Waals surface area contributed by atoms with Crippen LogP contribution in [0.2, 0.25) is 0 Å². The van der Waals surface area contributed by atoms with Crippen molar-refractivity contribution < 1.29 is 0 Å². The first-order valence-corrected chi connectivity index (χ1v) is 8.01. The highest BCUT2D eigenvalue weighted by molar-refractivity contribution is 7.12. The maximum absolute atomic E-state index is 4.57. The third-order valence-electron chi connectivity index (χ3n) is 3.06. The van der Waals surface area contributed by atoms with E-state index in [4.69, 9.17) is 0 Å². The summed E-state index contributed by atoms with van der Waals surface area (Å²) in [6, 6.07) is 2.71. The molecule has 18 heavy (non-hydrogen) atoms. The first-order valence-electron chi connectivity index (χ1n) is 6.31. The number of rotatable bonds is 5.